The molecule has 0 saturated heterocycles. The van der Waals surface area contributed by atoms with Gasteiger partial charge >= 0.3 is 5.97 Å². The zero-order valence-corrected chi connectivity index (χ0v) is 10.4. The number of hydrogen-bond acceptors (Lipinski definition) is 5. The molecule has 2 N–H and O–H groups in total. The van der Waals surface area contributed by atoms with E-state index in [1.54, 1.807) is 0 Å². The topological polar surface area (TPSA) is 75.3 Å². The minimum Gasteiger partial charge on any atom is -0.464 e. The lowest BCUT2D eigenvalue weighted by Crippen LogP contribution is -2.21. The van der Waals surface area contributed by atoms with Crippen LogP contribution in [-0.4, -0.2) is 29.3 Å². The summed E-state index contributed by atoms with van der Waals surface area (Å²) >= 11 is 7.22. The average molecular weight is 263 g/mol. The van der Waals surface area contributed by atoms with Crippen LogP contribution in [0.1, 0.15) is 16.2 Å². The summed E-state index contributed by atoms with van der Waals surface area (Å²) in [6, 6.07) is 1.41. The number of esters is 1. The van der Waals surface area contributed by atoms with Gasteiger partial charge in [-0.25, -0.2) is 4.79 Å². The molecule has 0 spiro atoms. The average Bonchev–Trinajstić information content (AvgIpc) is 2.26. The van der Waals surface area contributed by atoms with Crippen molar-refractivity contribution in [2.75, 3.05) is 13.4 Å². The van der Waals surface area contributed by atoms with Crippen LogP contribution in [0.5, 0.6) is 0 Å². The first kappa shape index (κ1) is 12.9. The number of methoxy groups -OCH3 is 1. The Balaban J connectivity index is 3.45. The molecule has 1 rings (SSSR count). The van der Waals surface area contributed by atoms with Crippen molar-refractivity contribution in [2.24, 2.45) is 0 Å². The van der Waals surface area contributed by atoms with Crippen molar-refractivity contribution in [1.29, 1.82) is 5.41 Å². The van der Waals surface area contributed by atoms with Gasteiger partial charge in [-0.2, -0.15) is 16.5 Å². The minimum atomic E-state index is -0.774. The van der Waals surface area contributed by atoms with Crippen LogP contribution >= 0.6 is 23.4 Å². The van der Waals surface area contributed by atoms with E-state index in [-0.39, 0.29) is 16.1 Å². The standard InChI is InChI=1S/C9H11ClN2O3S/c1-15-9(13)8-7(10)6(11)3-5(4-16-2)12(8)14/h3,11,14H,4H2,1-2H3. The second kappa shape index (κ2) is 5.27. The Bertz CT molecular complexity index is 473. The smallest absolute Gasteiger partial charge is 0.359 e. The molecular formula is C9H11ClN2O3S. The second-order valence-electron chi connectivity index (χ2n) is 2.95. The van der Waals surface area contributed by atoms with Crippen LogP contribution in [0.4, 0.5) is 0 Å². The van der Waals surface area contributed by atoms with Crippen molar-refractivity contribution < 1.29 is 14.7 Å². The Kier molecular flexibility index (Phi) is 4.26. The fraction of sp³-hybridized carbons (Fsp3) is 0.333. The molecule has 0 amide bonds. The molecule has 7 heteroatoms. The highest BCUT2D eigenvalue weighted by Crippen LogP contribution is 2.16. The highest BCUT2D eigenvalue weighted by atomic mass is 35.5. The number of pyridine rings is 1. The molecular weight excluding hydrogens is 252 g/mol. The number of aromatic nitrogens is 1. The third-order valence-corrected chi connectivity index (χ3v) is 2.88. The maximum Gasteiger partial charge on any atom is 0.359 e. The summed E-state index contributed by atoms with van der Waals surface area (Å²) in [5.74, 6) is -0.312. The number of hydrogen-bond donors (Lipinski definition) is 2. The first-order valence-electron chi connectivity index (χ1n) is 4.28. The molecule has 0 aliphatic heterocycles. The Hall–Kier alpha value is -1.14. The molecule has 0 aliphatic carbocycles. The van der Waals surface area contributed by atoms with Crippen LogP contribution in [-0.2, 0) is 10.5 Å². The monoisotopic (exact) mass is 262 g/mol. The van der Waals surface area contributed by atoms with Crippen molar-refractivity contribution >= 4 is 29.3 Å². The van der Waals surface area contributed by atoms with E-state index in [1.165, 1.54) is 24.9 Å². The van der Waals surface area contributed by atoms with Crippen molar-refractivity contribution in [2.45, 2.75) is 5.75 Å². The first-order chi connectivity index (χ1) is 7.52. The Morgan fingerprint density at radius 1 is 1.75 bits per heavy atom. The third kappa shape index (κ3) is 2.33. The zero-order valence-electron chi connectivity index (χ0n) is 8.78. The van der Waals surface area contributed by atoms with E-state index in [4.69, 9.17) is 17.0 Å². The molecule has 0 atom stereocenters. The van der Waals surface area contributed by atoms with Gasteiger partial charge in [0.05, 0.1) is 18.2 Å². The van der Waals surface area contributed by atoms with Crippen LogP contribution in [0.2, 0.25) is 5.02 Å². The molecule has 0 aliphatic rings. The van der Waals surface area contributed by atoms with Gasteiger partial charge in [-0.1, -0.05) is 11.6 Å². The largest absolute Gasteiger partial charge is 0.464 e. The molecule has 1 heterocycles. The molecule has 0 aromatic carbocycles. The van der Waals surface area contributed by atoms with Gasteiger partial charge in [0.25, 0.3) is 0 Å². The molecule has 0 fully saturated rings. The number of nitrogens with zero attached hydrogens (tertiary/aromatic N) is 1. The Morgan fingerprint density at radius 2 is 2.38 bits per heavy atom. The van der Waals surface area contributed by atoms with Gasteiger partial charge in [0, 0.05) is 5.75 Å². The molecule has 1 aromatic heterocycles. The number of ether oxygens (including phenoxy) is 1. The van der Waals surface area contributed by atoms with Crippen molar-refractivity contribution in [3.63, 3.8) is 0 Å². The number of thioether (sulfide) groups is 1. The number of carbonyl (C=O) groups excluding carboxylic acids is 1. The predicted octanol–water partition coefficient (Wildman–Crippen LogP) is 1.51. The first-order valence-corrected chi connectivity index (χ1v) is 6.05. The zero-order chi connectivity index (χ0) is 12.3. The Labute approximate surface area is 101 Å². The van der Waals surface area contributed by atoms with Gasteiger partial charge in [0.2, 0.25) is 0 Å². The Morgan fingerprint density at radius 3 is 2.88 bits per heavy atom. The fourth-order valence-electron chi connectivity index (χ4n) is 1.18. The van der Waals surface area contributed by atoms with Gasteiger partial charge in [0.1, 0.15) is 5.02 Å². The van der Waals surface area contributed by atoms with E-state index in [2.05, 4.69) is 4.74 Å². The molecule has 16 heavy (non-hydrogen) atoms. The normalized spacial score (nSPS) is 10.2. The number of nitrogens with one attached hydrogen (secondary N) is 1. The van der Waals surface area contributed by atoms with Gasteiger partial charge in [-0.05, 0) is 12.3 Å². The lowest BCUT2D eigenvalue weighted by molar-refractivity contribution is 0.0541. The maximum atomic E-state index is 11.4. The molecule has 0 saturated carbocycles. The van der Waals surface area contributed by atoms with Crippen molar-refractivity contribution in [1.82, 2.24) is 4.73 Å². The van der Waals surface area contributed by atoms with Gasteiger partial charge < -0.3 is 9.94 Å². The SMILES string of the molecule is COC(=O)c1c(Cl)c(=N)cc(CSC)n1O. The number of rotatable bonds is 3. The number of carbonyl (C=O) groups is 1. The van der Waals surface area contributed by atoms with Crippen molar-refractivity contribution in [3.05, 3.63) is 27.8 Å². The summed E-state index contributed by atoms with van der Waals surface area (Å²) < 4.78 is 5.16. The van der Waals surface area contributed by atoms with Gasteiger partial charge in [-0.15, -0.1) is 0 Å². The lowest BCUT2D eigenvalue weighted by atomic mass is 10.3. The van der Waals surface area contributed by atoms with Crippen LogP contribution in [0, 0.1) is 5.41 Å². The highest BCUT2D eigenvalue weighted by Gasteiger charge is 2.19. The van der Waals surface area contributed by atoms with Crippen LogP contribution in [0.15, 0.2) is 6.07 Å². The quantitative estimate of drug-likeness (QED) is 0.640. The predicted molar refractivity (Wildman–Crippen MR) is 61.0 cm³/mol. The number of halogens is 1. The molecule has 0 bridgehead atoms. The molecule has 1 aromatic rings. The maximum absolute atomic E-state index is 11.4. The van der Waals surface area contributed by atoms with Gasteiger partial charge in [-0.3, -0.25) is 5.41 Å². The summed E-state index contributed by atoms with van der Waals surface area (Å²) in [6.45, 7) is 0. The molecule has 5 nitrogen and oxygen atoms in total. The van der Waals surface area contributed by atoms with E-state index in [1.807, 2.05) is 6.26 Å². The van der Waals surface area contributed by atoms with Crippen LogP contribution in [0.3, 0.4) is 0 Å². The van der Waals surface area contributed by atoms with E-state index in [9.17, 15) is 10.0 Å². The molecule has 0 radical (unpaired) electrons. The summed E-state index contributed by atoms with van der Waals surface area (Å²) in [5, 5.41) is 17.2. The summed E-state index contributed by atoms with van der Waals surface area (Å²) in [5.41, 5.74) is 0.197. The second-order valence-corrected chi connectivity index (χ2v) is 4.19. The molecule has 0 unspecified atom stereocenters. The van der Waals surface area contributed by atoms with E-state index < -0.39 is 5.97 Å². The van der Waals surface area contributed by atoms with Crippen molar-refractivity contribution in [3.8, 4) is 0 Å². The summed E-state index contributed by atoms with van der Waals surface area (Å²) in [4.78, 5) is 11.4. The van der Waals surface area contributed by atoms with Crippen LogP contribution < -0.4 is 5.36 Å². The fourth-order valence-corrected chi connectivity index (χ4v) is 1.89. The molecule has 88 valence electrons. The van der Waals surface area contributed by atoms with Gasteiger partial charge in [0.15, 0.2) is 5.69 Å². The lowest BCUT2D eigenvalue weighted by Gasteiger charge is -2.12. The van der Waals surface area contributed by atoms with Crippen LogP contribution in [0.25, 0.3) is 0 Å². The third-order valence-electron chi connectivity index (χ3n) is 1.91. The van der Waals surface area contributed by atoms with E-state index >= 15 is 0 Å². The summed E-state index contributed by atoms with van der Waals surface area (Å²) in [6.07, 6.45) is 1.84. The minimum absolute atomic E-state index is 0.0172. The highest BCUT2D eigenvalue weighted by molar-refractivity contribution is 7.97. The van der Waals surface area contributed by atoms with E-state index in [0.29, 0.717) is 16.2 Å². The van der Waals surface area contributed by atoms with E-state index in [0.717, 1.165) is 0 Å². The summed E-state index contributed by atoms with van der Waals surface area (Å²) in [7, 11) is 1.18.